The number of aliphatic hydroxyl groups excluding tert-OH is 2. The number of nitrogens with one attached hydrogen (secondary N) is 1. The molecule has 1 aliphatic rings. The highest BCUT2D eigenvalue weighted by molar-refractivity contribution is 6.07. The molecule has 3 N–H and O–H groups in total. The minimum Gasteiger partial charge on any atom is -0.394 e. The van der Waals surface area contributed by atoms with Gasteiger partial charge in [0.2, 0.25) is 5.91 Å². The van der Waals surface area contributed by atoms with E-state index in [2.05, 4.69) is 5.32 Å². The molecule has 0 aromatic heterocycles. The number of nitrogens with zero attached hydrogens (tertiary/aromatic N) is 1. The van der Waals surface area contributed by atoms with Crippen molar-refractivity contribution in [3.63, 3.8) is 0 Å². The second-order valence-electron chi connectivity index (χ2n) is 5.44. The second-order valence-corrected chi connectivity index (χ2v) is 5.44. The van der Waals surface area contributed by atoms with E-state index in [0.29, 0.717) is 0 Å². The van der Waals surface area contributed by atoms with Gasteiger partial charge < -0.3 is 20.4 Å². The molecule has 2 rings (SSSR count). The van der Waals surface area contributed by atoms with Crippen LogP contribution in [0.3, 0.4) is 0 Å². The van der Waals surface area contributed by atoms with Gasteiger partial charge in [-0.2, -0.15) is 0 Å². The Kier molecular flexibility index (Phi) is 3.52. The number of likely N-dealkylation sites (N-methyl/N-ethyl adjacent to an activating group) is 1. The molecule has 0 bridgehead atoms. The minimum atomic E-state index is -0.787. The molecule has 0 radical (unpaired) electrons. The maximum absolute atomic E-state index is 12.1. The smallest absolute Gasteiger partial charge is 0.236 e. The molecule has 1 aliphatic heterocycles. The van der Waals surface area contributed by atoms with Gasteiger partial charge in [0.1, 0.15) is 0 Å². The number of rotatable bonds is 4. The van der Waals surface area contributed by atoms with Crippen molar-refractivity contribution in [1.29, 1.82) is 0 Å². The number of benzene rings is 1. The molecule has 1 aromatic carbocycles. The molecule has 0 saturated carbocycles. The number of carbonyl (C=O) groups excluding carboxylic acids is 1. The molecule has 0 spiro atoms. The van der Waals surface area contributed by atoms with E-state index in [1.165, 1.54) is 0 Å². The summed E-state index contributed by atoms with van der Waals surface area (Å²) in [5.41, 5.74) is 2.20. The van der Waals surface area contributed by atoms with Crippen molar-refractivity contribution in [3.05, 3.63) is 23.8 Å². The second kappa shape index (κ2) is 4.83. The average Bonchev–Trinajstić information content (AvgIpc) is 2.57. The molecule has 0 aliphatic carbocycles. The molecule has 5 nitrogen and oxygen atoms in total. The van der Waals surface area contributed by atoms with Crippen LogP contribution in [0.15, 0.2) is 18.2 Å². The zero-order chi connectivity index (χ0) is 14.2. The monoisotopic (exact) mass is 264 g/mol. The van der Waals surface area contributed by atoms with Crippen LogP contribution in [-0.4, -0.2) is 42.4 Å². The third-order valence-corrected chi connectivity index (χ3v) is 3.62. The van der Waals surface area contributed by atoms with Crippen molar-refractivity contribution in [2.75, 3.05) is 30.4 Å². The summed E-state index contributed by atoms with van der Waals surface area (Å²) in [6.45, 7) is 3.82. The molecule has 1 amide bonds. The van der Waals surface area contributed by atoms with Gasteiger partial charge in [-0.3, -0.25) is 4.79 Å². The molecule has 0 saturated heterocycles. The Hall–Kier alpha value is -1.59. The van der Waals surface area contributed by atoms with Gasteiger partial charge in [-0.15, -0.1) is 0 Å². The molecule has 0 fully saturated rings. The predicted octanol–water partition coefficient (Wildman–Crippen LogP) is 0.706. The molecular weight excluding hydrogens is 244 g/mol. The van der Waals surface area contributed by atoms with Gasteiger partial charge in [0, 0.05) is 25.0 Å². The van der Waals surface area contributed by atoms with Gasteiger partial charge in [-0.05, 0) is 37.6 Å². The molecule has 1 aromatic rings. The zero-order valence-electron chi connectivity index (χ0n) is 11.5. The number of hydrogen-bond donors (Lipinski definition) is 3. The maximum atomic E-state index is 12.1. The molecule has 1 heterocycles. The van der Waals surface area contributed by atoms with Gasteiger partial charge >= 0.3 is 0 Å². The van der Waals surface area contributed by atoms with Crippen molar-refractivity contribution < 1.29 is 15.0 Å². The van der Waals surface area contributed by atoms with Gasteiger partial charge in [0.25, 0.3) is 0 Å². The summed E-state index contributed by atoms with van der Waals surface area (Å²) >= 11 is 0. The summed E-state index contributed by atoms with van der Waals surface area (Å²) in [7, 11) is 1.78. The van der Waals surface area contributed by atoms with E-state index < -0.39 is 11.5 Å². The highest BCUT2D eigenvalue weighted by Crippen LogP contribution is 2.41. The lowest BCUT2D eigenvalue weighted by Crippen LogP contribution is -2.33. The summed E-state index contributed by atoms with van der Waals surface area (Å²) in [5.74, 6) is 0.0787. The minimum absolute atomic E-state index is 0.0787. The van der Waals surface area contributed by atoms with E-state index in [1.807, 2.05) is 32.0 Å². The number of hydrogen-bond acceptors (Lipinski definition) is 4. The average molecular weight is 264 g/mol. The molecular formula is C14H20N2O3. The van der Waals surface area contributed by atoms with Crippen molar-refractivity contribution in [3.8, 4) is 0 Å². The summed E-state index contributed by atoms with van der Waals surface area (Å²) in [4.78, 5) is 13.8. The lowest BCUT2D eigenvalue weighted by molar-refractivity contribution is -0.121. The fourth-order valence-corrected chi connectivity index (χ4v) is 2.38. The van der Waals surface area contributed by atoms with E-state index in [1.54, 1.807) is 11.9 Å². The van der Waals surface area contributed by atoms with Crippen molar-refractivity contribution in [2.45, 2.75) is 25.4 Å². The number of anilines is 2. The van der Waals surface area contributed by atoms with E-state index in [0.717, 1.165) is 16.9 Å². The Morgan fingerprint density at radius 3 is 2.74 bits per heavy atom. The first-order valence-corrected chi connectivity index (χ1v) is 6.33. The van der Waals surface area contributed by atoms with E-state index in [-0.39, 0.29) is 19.1 Å². The van der Waals surface area contributed by atoms with Crippen molar-refractivity contribution in [2.24, 2.45) is 0 Å². The van der Waals surface area contributed by atoms with Crippen LogP contribution in [0.25, 0.3) is 0 Å². The first-order chi connectivity index (χ1) is 8.87. The number of amides is 1. The van der Waals surface area contributed by atoms with Crippen LogP contribution >= 0.6 is 0 Å². The summed E-state index contributed by atoms with van der Waals surface area (Å²) < 4.78 is 0. The van der Waals surface area contributed by atoms with Crippen LogP contribution < -0.4 is 10.2 Å². The normalized spacial score (nSPS) is 18.4. The third kappa shape index (κ3) is 2.31. The fourth-order valence-electron chi connectivity index (χ4n) is 2.38. The lowest BCUT2D eigenvalue weighted by Gasteiger charge is -2.17. The molecule has 5 heteroatoms. The number of fused-ring (bicyclic) bond motifs is 1. The Morgan fingerprint density at radius 2 is 2.11 bits per heavy atom. The first-order valence-electron chi connectivity index (χ1n) is 6.33. The number of aliphatic hydroxyl groups is 2. The Labute approximate surface area is 112 Å². The van der Waals surface area contributed by atoms with E-state index in [4.69, 9.17) is 5.11 Å². The Bertz CT molecular complexity index is 499. The van der Waals surface area contributed by atoms with Crippen LogP contribution in [-0.2, 0) is 10.2 Å². The SMILES string of the molecule is CN1C(=O)C(C)(C)c2cc(NCC(O)CO)ccc21. The highest BCUT2D eigenvalue weighted by atomic mass is 16.3. The van der Waals surface area contributed by atoms with Crippen LogP contribution in [0.1, 0.15) is 19.4 Å². The van der Waals surface area contributed by atoms with Crippen molar-refractivity contribution in [1.82, 2.24) is 0 Å². The summed E-state index contributed by atoms with van der Waals surface area (Å²) in [5, 5.41) is 21.2. The van der Waals surface area contributed by atoms with Gasteiger partial charge in [0.15, 0.2) is 0 Å². The van der Waals surface area contributed by atoms with Crippen LogP contribution in [0.4, 0.5) is 11.4 Å². The quantitative estimate of drug-likeness (QED) is 0.748. The highest BCUT2D eigenvalue weighted by Gasteiger charge is 2.42. The predicted molar refractivity (Wildman–Crippen MR) is 74.5 cm³/mol. The van der Waals surface area contributed by atoms with Gasteiger partial charge in [0.05, 0.1) is 18.1 Å². The molecule has 19 heavy (non-hydrogen) atoms. The molecule has 1 unspecified atom stereocenters. The Balaban J connectivity index is 2.25. The standard InChI is InChI=1S/C14H20N2O3/c1-14(2)11-6-9(15-7-10(18)8-17)4-5-12(11)16(3)13(14)19/h4-6,10,15,17-18H,7-8H2,1-3H3. The molecule has 1 atom stereocenters. The Morgan fingerprint density at radius 1 is 1.42 bits per heavy atom. The van der Waals surface area contributed by atoms with E-state index >= 15 is 0 Å². The summed E-state index contributed by atoms with van der Waals surface area (Å²) in [6, 6.07) is 5.70. The zero-order valence-corrected chi connectivity index (χ0v) is 11.5. The third-order valence-electron chi connectivity index (χ3n) is 3.62. The maximum Gasteiger partial charge on any atom is 0.236 e. The lowest BCUT2D eigenvalue weighted by atomic mass is 9.86. The van der Waals surface area contributed by atoms with Gasteiger partial charge in [-0.1, -0.05) is 0 Å². The topological polar surface area (TPSA) is 72.8 Å². The van der Waals surface area contributed by atoms with Crippen molar-refractivity contribution >= 4 is 17.3 Å². The molecule has 104 valence electrons. The van der Waals surface area contributed by atoms with Crippen LogP contribution in [0.2, 0.25) is 0 Å². The fraction of sp³-hybridized carbons (Fsp3) is 0.500. The summed E-state index contributed by atoms with van der Waals surface area (Å²) in [6.07, 6.45) is -0.787. The largest absolute Gasteiger partial charge is 0.394 e. The number of carbonyl (C=O) groups is 1. The van der Waals surface area contributed by atoms with Crippen LogP contribution in [0, 0.1) is 0 Å². The van der Waals surface area contributed by atoms with Gasteiger partial charge in [-0.25, -0.2) is 0 Å². The van der Waals surface area contributed by atoms with Crippen LogP contribution in [0.5, 0.6) is 0 Å². The first kappa shape index (κ1) is 13.8. The van der Waals surface area contributed by atoms with E-state index in [9.17, 15) is 9.90 Å².